The molecule has 3 aromatic rings. The van der Waals surface area contributed by atoms with E-state index in [9.17, 15) is 4.79 Å². The Morgan fingerprint density at radius 3 is 2.55 bits per heavy atom. The SMILES string of the molecule is CC1=CC2(Nc3nc4cccc(-c5ccc(C(=O)N6CCSCC6)c(C)c5)c4o3)CC2C=C1N1CCN(C2CC2)CC1.O.O.[HH]. The Kier molecular flexibility index (Phi) is 8.30. The molecule has 3 heterocycles. The number of rotatable bonds is 6. The van der Waals surface area contributed by atoms with Crippen LogP contribution in [0.1, 0.15) is 43.5 Å². The second-order valence-corrected chi connectivity index (χ2v) is 13.9. The summed E-state index contributed by atoms with van der Waals surface area (Å²) in [5, 5.41) is 3.68. The first-order chi connectivity index (χ1) is 20.5. The molecule has 0 spiro atoms. The van der Waals surface area contributed by atoms with Crippen LogP contribution in [0.4, 0.5) is 6.01 Å². The van der Waals surface area contributed by atoms with Crippen LogP contribution >= 0.6 is 11.8 Å². The number of aryl methyl sites for hydroxylation is 1. The minimum Gasteiger partial charge on any atom is -0.423 e. The van der Waals surface area contributed by atoms with Gasteiger partial charge in [-0.15, -0.1) is 0 Å². The topological polar surface area (TPSA) is 128 Å². The van der Waals surface area contributed by atoms with Crippen LogP contribution in [0.2, 0.25) is 0 Å². The fourth-order valence-corrected chi connectivity index (χ4v) is 8.10. The summed E-state index contributed by atoms with van der Waals surface area (Å²) in [5.41, 5.74) is 8.08. The minimum atomic E-state index is -0.115. The average molecular weight is 620 g/mol. The summed E-state index contributed by atoms with van der Waals surface area (Å²) < 4.78 is 6.41. The van der Waals surface area contributed by atoms with E-state index in [0.717, 1.165) is 83.5 Å². The zero-order valence-electron chi connectivity index (χ0n) is 25.6. The second-order valence-electron chi connectivity index (χ2n) is 12.7. The first-order valence-corrected chi connectivity index (χ1v) is 16.7. The third-order valence-electron chi connectivity index (χ3n) is 9.84. The predicted molar refractivity (Wildman–Crippen MR) is 179 cm³/mol. The molecule has 10 heteroatoms. The zero-order chi connectivity index (χ0) is 28.4. The Hall–Kier alpha value is -3.31. The molecule has 236 valence electrons. The molecule has 4 fully saturated rings. The molecule has 1 amide bonds. The number of aromatic nitrogens is 1. The van der Waals surface area contributed by atoms with Crippen molar-refractivity contribution in [1.82, 2.24) is 19.7 Å². The molecular weight excluding hydrogens is 574 g/mol. The van der Waals surface area contributed by atoms with Gasteiger partial charge in [0.05, 0.1) is 5.54 Å². The quantitative estimate of drug-likeness (QED) is 0.434. The first kappa shape index (κ1) is 30.7. The molecule has 2 atom stereocenters. The number of thioether (sulfide) groups is 1. The molecule has 44 heavy (non-hydrogen) atoms. The maximum Gasteiger partial charge on any atom is 0.296 e. The van der Waals surface area contributed by atoms with Crippen molar-refractivity contribution in [3.63, 3.8) is 0 Å². The minimum absolute atomic E-state index is 0. The van der Waals surface area contributed by atoms with Crippen LogP contribution < -0.4 is 5.32 Å². The molecule has 5 aliphatic rings. The first-order valence-electron chi connectivity index (χ1n) is 15.5. The van der Waals surface area contributed by atoms with Gasteiger partial charge >= 0.3 is 0 Å². The van der Waals surface area contributed by atoms with Gasteiger partial charge in [0.15, 0.2) is 5.58 Å². The lowest BCUT2D eigenvalue weighted by Gasteiger charge is -2.39. The molecule has 1 aromatic heterocycles. The van der Waals surface area contributed by atoms with E-state index in [2.05, 4.69) is 46.3 Å². The molecule has 9 nitrogen and oxygen atoms in total. The number of allylic oxidation sites excluding steroid dienone is 1. The van der Waals surface area contributed by atoms with E-state index in [0.29, 0.717) is 11.9 Å². The highest BCUT2D eigenvalue weighted by Crippen LogP contribution is 2.53. The van der Waals surface area contributed by atoms with Crippen LogP contribution in [0, 0.1) is 12.8 Å². The maximum absolute atomic E-state index is 13.1. The number of carbonyl (C=O) groups excluding carboxylic acids is 1. The largest absolute Gasteiger partial charge is 0.423 e. The van der Waals surface area contributed by atoms with Gasteiger partial charge < -0.3 is 30.5 Å². The van der Waals surface area contributed by atoms with Crippen molar-refractivity contribution in [3.8, 4) is 11.1 Å². The van der Waals surface area contributed by atoms with Crippen molar-refractivity contribution in [2.75, 3.05) is 56.1 Å². The Morgan fingerprint density at radius 2 is 1.82 bits per heavy atom. The standard InChI is InChI=1S/C34H39N5O2S.2H2O.H2/c1-22-18-24(6-9-27(22)32(40)39-14-16-42-17-15-39)28-4-3-5-29-31(28)41-33(35-29)36-34-20-23(2)30(19-25(34)21-34)38-12-10-37(11-13-38)26-7-8-26;;;/h3-6,9,18-20,25-26H,7-8,10-17,21H2,1-2H3,(H,35,36);2*1H2;1H. The van der Waals surface area contributed by atoms with Crippen LogP contribution in [0.3, 0.4) is 0 Å². The van der Waals surface area contributed by atoms with Gasteiger partial charge in [-0.3, -0.25) is 9.69 Å². The third kappa shape index (κ3) is 5.53. The van der Waals surface area contributed by atoms with Crippen LogP contribution in [0.25, 0.3) is 22.2 Å². The Labute approximate surface area is 264 Å². The molecule has 2 saturated carbocycles. The normalized spacial score (nSPS) is 24.9. The average Bonchev–Trinajstić information content (AvgIpc) is 3.92. The lowest BCUT2D eigenvalue weighted by molar-refractivity contribution is 0.0771. The summed E-state index contributed by atoms with van der Waals surface area (Å²) in [7, 11) is 0. The fourth-order valence-electron chi connectivity index (χ4n) is 7.20. The van der Waals surface area contributed by atoms with Gasteiger partial charge in [0.1, 0.15) is 5.52 Å². The molecule has 2 aliphatic heterocycles. The van der Waals surface area contributed by atoms with Crippen molar-refractivity contribution in [2.45, 2.75) is 44.7 Å². The van der Waals surface area contributed by atoms with Crippen molar-refractivity contribution >= 4 is 34.8 Å². The molecule has 2 aromatic carbocycles. The molecule has 0 bridgehead atoms. The van der Waals surface area contributed by atoms with E-state index in [4.69, 9.17) is 9.40 Å². The van der Waals surface area contributed by atoms with Crippen LogP contribution in [0.15, 0.2) is 64.2 Å². The van der Waals surface area contributed by atoms with Crippen molar-refractivity contribution in [2.24, 2.45) is 5.92 Å². The van der Waals surface area contributed by atoms with E-state index < -0.39 is 0 Å². The second kappa shape index (κ2) is 11.9. The zero-order valence-corrected chi connectivity index (χ0v) is 26.4. The number of hydrogen-bond acceptors (Lipinski definition) is 7. The molecule has 2 unspecified atom stereocenters. The summed E-state index contributed by atoms with van der Waals surface area (Å²) in [4.78, 5) is 25.2. The molecule has 8 rings (SSSR count). The highest BCUT2D eigenvalue weighted by atomic mass is 32.2. The Morgan fingerprint density at radius 1 is 1.05 bits per heavy atom. The van der Waals surface area contributed by atoms with Gasteiger partial charge in [-0.05, 0) is 61.9 Å². The number of hydrogen-bond donors (Lipinski definition) is 1. The summed E-state index contributed by atoms with van der Waals surface area (Å²) in [6, 6.07) is 13.7. The number of oxazole rings is 1. The summed E-state index contributed by atoms with van der Waals surface area (Å²) in [6.07, 6.45) is 8.74. The smallest absolute Gasteiger partial charge is 0.296 e. The van der Waals surface area contributed by atoms with Gasteiger partial charge in [0, 0.05) is 81.0 Å². The van der Waals surface area contributed by atoms with Crippen molar-refractivity contribution in [1.29, 1.82) is 0 Å². The highest BCUT2D eigenvalue weighted by molar-refractivity contribution is 7.99. The molecular formula is C34H45N5O4S. The lowest BCUT2D eigenvalue weighted by atomic mass is 9.98. The summed E-state index contributed by atoms with van der Waals surface area (Å²) >= 11 is 1.92. The van der Waals surface area contributed by atoms with Crippen molar-refractivity contribution in [3.05, 3.63) is 70.9 Å². The van der Waals surface area contributed by atoms with Crippen LogP contribution in [0.5, 0.6) is 0 Å². The summed E-state index contributed by atoms with van der Waals surface area (Å²) in [5.74, 6) is 2.62. The van der Waals surface area contributed by atoms with E-state index in [1.165, 1.54) is 37.2 Å². The monoisotopic (exact) mass is 619 g/mol. The van der Waals surface area contributed by atoms with E-state index in [1.54, 1.807) is 0 Å². The predicted octanol–water partition coefficient (Wildman–Crippen LogP) is 4.38. The molecule has 2 saturated heterocycles. The van der Waals surface area contributed by atoms with Gasteiger partial charge in [-0.2, -0.15) is 16.7 Å². The Balaban J connectivity index is 0.00000133. The lowest BCUT2D eigenvalue weighted by Crippen LogP contribution is -2.47. The molecule has 3 aliphatic carbocycles. The number of piperazine rings is 1. The molecule has 0 radical (unpaired) electrons. The summed E-state index contributed by atoms with van der Waals surface area (Å²) in [6.45, 7) is 10.5. The van der Waals surface area contributed by atoms with Crippen LogP contribution in [-0.4, -0.2) is 98.9 Å². The van der Waals surface area contributed by atoms with E-state index >= 15 is 0 Å². The Bertz CT molecular complexity index is 1620. The fraction of sp³-hybridized carbons (Fsp3) is 0.471. The number of amides is 1. The van der Waals surface area contributed by atoms with E-state index in [1.807, 2.05) is 47.9 Å². The number of anilines is 1. The third-order valence-corrected chi connectivity index (χ3v) is 10.8. The number of nitrogens with one attached hydrogen (secondary N) is 1. The highest BCUT2D eigenvalue weighted by Gasteiger charge is 2.54. The van der Waals surface area contributed by atoms with Crippen molar-refractivity contribution < 1.29 is 21.6 Å². The van der Waals surface area contributed by atoms with Gasteiger partial charge in [-0.1, -0.05) is 36.4 Å². The van der Waals surface area contributed by atoms with E-state index in [-0.39, 0.29) is 23.8 Å². The number of nitrogens with zero attached hydrogens (tertiary/aromatic N) is 4. The maximum atomic E-state index is 13.1. The van der Waals surface area contributed by atoms with Crippen LogP contribution in [-0.2, 0) is 0 Å². The van der Waals surface area contributed by atoms with Gasteiger partial charge in [0.2, 0.25) is 0 Å². The number of benzene rings is 2. The number of para-hydroxylation sites is 1. The molecule has 5 N–H and O–H groups in total. The number of fused-ring (bicyclic) bond motifs is 2. The van der Waals surface area contributed by atoms with Gasteiger partial charge in [-0.25, -0.2) is 0 Å². The number of carbonyl (C=O) groups is 1. The van der Waals surface area contributed by atoms with Gasteiger partial charge in [0.25, 0.3) is 11.9 Å².